The average molecular weight is 171 g/mol. The van der Waals surface area contributed by atoms with E-state index in [0.29, 0.717) is 0 Å². The lowest BCUT2D eigenvalue weighted by molar-refractivity contribution is 0.581. The topological polar surface area (TPSA) is 24.1 Å². The first-order valence-electron chi connectivity index (χ1n) is 5.06. The van der Waals surface area contributed by atoms with Gasteiger partial charge in [-0.2, -0.15) is 0 Å². The normalized spacial score (nSPS) is 10.5. The Morgan fingerprint density at radius 2 is 1.58 bits per heavy atom. The van der Waals surface area contributed by atoms with Crippen LogP contribution in [0.3, 0.4) is 0 Å². The van der Waals surface area contributed by atoms with Gasteiger partial charge < -0.3 is 10.6 Å². The summed E-state index contributed by atoms with van der Waals surface area (Å²) in [4.78, 5) is 0. The van der Waals surface area contributed by atoms with Crippen molar-refractivity contribution in [2.24, 2.45) is 0 Å². The van der Waals surface area contributed by atoms with E-state index in [2.05, 4.69) is 17.6 Å². The maximum absolute atomic E-state index is 3.80. The third-order valence-corrected chi connectivity index (χ3v) is 1.88. The molecule has 0 aromatic rings. The lowest BCUT2D eigenvalue weighted by Gasteiger charge is -2.03. The van der Waals surface area contributed by atoms with Gasteiger partial charge in [0, 0.05) is 0 Å². The van der Waals surface area contributed by atoms with Gasteiger partial charge in [0.1, 0.15) is 0 Å². The second kappa shape index (κ2) is 10.9. The van der Waals surface area contributed by atoms with E-state index in [0.717, 1.165) is 19.5 Å². The van der Waals surface area contributed by atoms with Crippen molar-refractivity contribution in [3.05, 3.63) is 6.92 Å². The Bertz CT molecular complexity index is 64.2. The first-order valence-corrected chi connectivity index (χ1v) is 5.06. The minimum Gasteiger partial charge on any atom is -0.320 e. The van der Waals surface area contributed by atoms with Crippen molar-refractivity contribution < 1.29 is 0 Å². The van der Waals surface area contributed by atoms with Crippen LogP contribution in [0, 0.1) is 6.92 Å². The predicted molar refractivity (Wildman–Crippen MR) is 55.2 cm³/mol. The molecular weight excluding hydrogens is 148 g/mol. The van der Waals surface area contributed by atoms with Gasteiger partial charge in [-0.05, 0) is 45.9 Å². The first-order chi connectivity index (χ1) is 5.91. The molecule has 0 saturated carbocycles. The monoisotopic (exact) mass is 171 g/mol. The molecule has 0 unspecified atom stereocenters. The van der Waals surface area contributed by atoms with Crippen molar-refractivity contribution in [3.8, 4) is 0 Å². The van der Waals surface area contributed by atoms with Gasteiger partial charge in [-0.25, -0.2) is 0 Å². The second-order valence-corrected chi connectivity index (χ2v) is 3.12. The predicted octanol–water partition coefficient (Wildman–Crippen LogP) is 1.58. The Labute approximate surface area is 77.1 Å². The van der Waals surface area contributed by atoms with Crippen molar-refractivity contribution in [1.82, 2.24) is 10.6 Å². The number of hydrogen-bond donors (Lipinski definition) is 2. The molecule has 12 heavy (non-hydrogen) atoms. The molecule has 0 atom stereocenters. The van der Waals surface area contributed by atoms with E-state index in [1.54, 1.807) is 0 Å². The summed E-state index contributed by atoms with van der Waals surface area (Å²) in [5, 5.41) is 6.55. The standard InChI is InChI=1S/C10H23N2/c1-3-4-9-12-10-7-5-6-8-11-2/h11-12H,1,3-10H2,2H3. The minimum atomic E-state index is 1.05. The molecule has 73 valence electrons. The van der Waals surface area contributed by atoms with Gasteiger partial charge in [-0.3, -0.25) is 0 Å². The Morgan fingerprint density at radius 3 is 2.25 bits per heavy atom. The van der Waals surface area contributed by atoms with E-state index in [-0.39, 0.29) is 0 Å². The molecule has 0 aromatic heterocycles. The van der Waals surface area contributed by atoms with E-state index >= 15 is 0 Å². The summed E-state index contributed by atoms with van der Waals surface area (Å²) >= 11 is 0. The number of nitrogens with one attached hydrogen (secondary N) is 2. The van der Waals surface area contributed by atoms with Gasteiger partial charge in [0.2, 0.25) is 0 Å². The van der Waals surface area contributed by atoms with Crippen LogP contribution >= 0.6 is 0 Å². The summed E-state index contributed by atoms with van der Waals surface area (Å²) in [5.74, 6) is 0. The van der Waals surface area contributed by atoms with E-state index in [1.165, 1.54) is 32.2 Å². The van der Waals surface area contributed by atoms with Crippen molar-refractivity contribution >= 4 is 0 Å². The van der Waals surface area contributed by atoms with Gasteiger partial charge in [0.05, 0.1) is 0 Å². The summed E-state index contributed by atoms with van der Waals surface area (Å²) in [7, 11) is 2.01. The van der Waals surface area contributed by atoms with Crippen LogP contribution in [0.1, 0.15) is 32.1 Å². The molecule has 0 bridgehead atoms. The Hall–Kier alpha value is -0.0800. The summed E-state index contributed by atoms with van der Waals surface area (Å²) in [6, 6.07) is 0. The lowest BCUT2D eigenvalue weighted by Crippen LogP contribution is -2.16. The largest absolute Gasteiger partial charge is 0.320 e. The highest BCUT2D eigenvalue weighted by atomic mass is 14.8. The fourth-order valence-electron chi connectivity index (χ4n) is 1.10. The van der Waals surface area contributed by atoms with Gasteiger partial charge in [0.15, 0.2) is 0 Å². The molecule has 0 rings (SSSR count). The number of unbranched alkanes of at least 4 members (excludes halogenated alkanes) is 3. The zero-order chi connectivity index (χ0) is 9.07. The third-order valence-electron chi connectivity index (χ3n) is 1.88. The zero-order valence-electron chi connectivity index (χ0n) is 8.36. The SMILES string of the molecule is [CH2]CCCNCCCCCNC. The van der Waals surface area contributed by atoms with Crippen LogP contribution in [0.25, 0.3) is 0 Å². The summed E-state index contributed by atoms with van der Waals surface area (Å²) in [6.45, 7) is 7.25. The second-order valence-electron chi connectivity index (χ2n) is 3.12. The lowest BCUT2D eigenvalue weighted by atomic mass is 10.2. The summed E-state index contributed by atoms with van der Waals surface area (Å²) < 4.78 is 0. The first kappa shape index (κ1) is 11.9. The van der Waals surface area contributed by atoms with Gasteiger partial charge in [0.25, 0.3) is 0 Å². The Balaban J connectivity index is 2.73. The molecule has 0 spiro atoms. The van der Waals surface area contributed by atoms with Crippen LogP contribution < -0.4 is 10.6 Å². The molecule has 0 aromatic carbocycles. The van der Waals surface area contributed by atoms with Crippen LogP contribution in [0.4, 0.5) is 0 Å². The van der Waals surface area contributed by atoms with Crippen molar-refractivity contribution in [1.29, 1.82) is 0 Å². The van der Waals surface area contributed by atoms with Gasteiger partial charge in [-0.1, -0.05) is 19.8 Å². The number of hydrogen-bond acceptors (Lipinski definition) is 2. The zero-order valence-corrected chi connectivity index (χ0v) is 8.36. The molecule has 0 aliphatic carbocycles. The highest BCUT2D eigenvalue weighted by molar-refractivity contribution is 4.51. The van der Waals surface area contributed by atoms with Crippen LogP contribution in [-0.4, -0.2) is 26.7 Å². The smallest absolute Gasteiger partial charge is 0.00489 e. The van der Waals surface area contributed by atoms with Crippen molar-refractivity contribution in [2.45, 2.75) is 32.1 Å². The van der Waals surface area contributed by atoms with Crippen LogP contribution in [0.5, 0.6) is 0 Å². The van der Waals surface area contributed by atoms with Crippen LogP contribution in [-0.2, 0) is 0 Å². The molecule has 2 nitrogen and oxygen atoms in total. The molecule has 1 radical (unpaired) electrons. The summed E-state index contributed by atoms with van der Waals surface area (Å²) in [6.07, 6.45) is 6.19. The highest BCUT2D eigenvalue weighted by Crippen LogP contribution is 1.92. The van der Waals surface area contributed by atoms with E-state index in [1.807, 2.05) is 7.05 Å². The Morgan fingerprint density at radius 1 is 0.917 bits per heavy atom. The fraction of sp³-hybridized carbons (Fsp3) is 0.900. The molecule has 0 saturated heterocycles. The molecule has 2 heteroatoms. The molecule has 0 aliphatic heterocycles. The molecule has 0 fully saturated rings. The van der Waals surface area contributed by atoms with Gasteiger partial charge >= 0.3 is 0 Å². The van der Waals surface area contributed by atoms with Crippen molar-refractivity contribution in [3.63, 3.8) is 0 Å². The van der Waals surface area contributed by atoms with Crippen molar-refractivity contribution in [2.75, 3.05) is 26.7 Å². The fourth-order valence-corrected chi connectivity index (χ4v) is 1.10. The average Bonchev–Trinajstić information content (AvgIpc) is 2.10. The summed E-state index contributed by atoms with van der Waals surface area (Å²) in [5.41, 5.74) is 0. The van der Waals surface area contributed by atoms with E-state index in [4.69, 9.17) is 0 Å². The highest BCUT2D eigenvalue weighted by Gasteiger charge is 1.88. The molecule has 0 aliphatic rings. The minimum absolute atomic E-state index is 1.05. The maximum Gasteiger partial charge on any atom is -0.00489 e. The number of rotatable bonds is 9. The molecule has 0 amide bonds. The van der Waals surface area contributed by atoms with E-state index < -0.39 is 0 Å². The third kappa shape index (κ3) is 9.92. The van der Waals surface area contributed by atoms with Crippen LogP contribution in [0.2, 0.25) is 0 Å². The quantitative estimate of drug-likeness (QED) is 0.515. The van der Waals surface area contributed by atoms with Crippen LogP contribution in [0.15, 0.2) is 0 Å². The maximum atomic E-state index is 3.80. The molecular formula is C10H23N2. The molecule has 0 heterocycles. The van der Waals surface area contributed by atoms with Gasteiger partial charge in [-0.15, -0.1) is 0 Å². The molecule has 2 N–H and O–H groups in total. The Kier molecular flexibility index (Phi) is 10.8. The van der Waals surface area contributed by atoms with E-state index in [9.17, 15) is 0 Å².